The summed E-state index contributed by atoms with van der Waals surface area (Å²) in [6.07, 6.45) is 0. The molecule has 0 fully saturated rings. The first kappa shape index (κ1) is 29.1. The number of para-hydroxylation sites is 5. The lowest BCUT2D eigenvalue weighted by Crippen LogP contribution is -2.12. The standard InChI is InChI=1S/C48H30N2OS/c1-2-15-31(16-3-1)49-40-25-9-5-20-38(40)46-41(49)26-14-27-42(46)50(43-28-13-23-37-34-19-7-11-30-45(34)52-48(37)43)39-24-8-4-17-32(39)35-21-12-22-36-33-18-6-10-29-44(33)51-47(35)36/h1-30H. The van der Waals surface area contributed by atoms with Crippen molar-refractivity contribution in [3.05, 3.63) is 182 Å². The molecule has 3 aromatic heterocycles. The van der Waals surface area contributed by atoms with Crippen LogP contribution in [0.15, 0.2) is 186 Å². The molecule has 0 N–H and O–H groups in total. The highest BCUT2D eigenvalue weighted by Gasteiger charge is 2.26. The summed E-state index contributed by atoms with van der Waals surface area (Å²) in [4.78, 5) is 2.50. The maximum atomic E-state index is 6.65. The normalized spacial score (nSPS) is 11.8. The lowest BCUT2D eigenvalue weighted by molar-refractivity contribution is 0.670. The van der Waals surface area contributed by atoms with Crippen LogP contribution in [0.25, 0.3) is 80.7 Å². The molecule has 244 valence electrons. The molecule has 0 unspecified atom stereocenters. The second kappa shape index (κ2) is 11.5. The fourth-order valence-corrected chi connectivity index (χ4v) is 9.40. The van der Waals surface area contributed by atoms with Crippen LogP contribution in [0.1, 0.15) is 0 Å². The minimum atomic E-state index is 0.896. The summed E-state index contributed by atoms with van der Waals surface area (Å²) in [6, 6.07) is 65.4. The third-order valence-electron chi connectivity index (χ3n) is 10.4. The summed E-state index contributed by atoms with van der Waals surface area (Å²) >= 11 is 1.86. The van der Waals surface area contributed by atoms with E-state index in [-0.39, 0.29) is 0 Å². The Kier molecular flexibility index (Phi) is 6.42. The van der Waals surface area contributed by atoms with E-state index in [2.05, 4.69) is 185 Å². The van der Waals surface area contributed by atoms with Gasteiger partial charge in [0, 0.05) is 53.8 Å². The molecule has 0 aliphatic heterocycles. The summed E-state index contributed by atoms with van der Waals surface area (Å²) in [5.74, 6) is 0. The molecule has 11 rings (SSSR count). The fourth-order valence-electron chi connectivity index (χ4n) is 8.20. The third kappa shape index (κ3) is 4.25. The van der Waals surface area contributed by atoms with Crippen LogP contribution in [-0.2, 0) is 0 Å². The van der Waals surface area contributed by atoms with Gasteiger partial charge < -0.3 is 13.9 Å². The molecule has 4 heteroatoms. The van der Waals surface area contributed by atoms with E-state index >= 15 is 0 Å². The molecule has 3 nitrogen and oxygen atoms in total. The Balaban J connectivity index is 1.27. The Morgan fingerprint density at radius 1 is 0.423 bits per heavy atom. The van der Waals surface area contributed by atoms with Crippen LogP contribution in [0.3, 0.4) is 0 Å². The molecule has 0 saturated heterocycles. The van der Waals surface area contributed by atoms with Gasteiger partial charge in [-0.05, 0) is 54.6 Å². The van der Waals surface area contributed by atoms with Gasteiger partial charge >= 0.3 is 0 Å². The van der Waals surface area contributed by atoms with Gasteiger partial charge in [0.1, 0.15) is 11.2 Å². The van der Waals surface area contributed by atoms with Crippen molar-refractivity contribution in [1.82, 2.24) is 4.57 Å². The van der Waals surface area contributed by atoms with Crippen molar-refractivity contribution in [2.45, 2.75) is 0 Å². The van der Waals surface area contributed by atoms with E-state index in [1.165, 1.54) is 36.5 Å². The molecule has 0 saturated carbocycles. The number of benzene rings is 8. The second-order valence-electron chi connectivity index (χ2n) is 13.2. The highest BCUT2D eigenvalue weighted by molar-refractivity contribution is 7.26. The van der Waals surface area contributed by atoms with Crippen molar-refractivity contribution in [2.75, 3.05) is 4.90 Å². The third-order valence-corrected chi connectivity index (χ3v) is 11.6. The number of thiophene rings is 1. The zero-order chi connectivity index (χ0) is 34.2. The summed E-state index contributed by atoms with van der Waals surface area (Å²) in [7, 11) is 0. The van der Waals surface area contributed by atoms with Crippen molar-refractivity contribution < 1.29 is 4.42 Å². The van der Waals surface area contributed by atoms with Gasteiger partial charge in [-0.25, -0.2) is 0 Å². The van der Waals surface area contributed by atoms with Crippen molar-refractivity contribution >= 4 is 92.3 Å². The van der Waals surface area contributed by atoms with Gasteiger partial charge in [0.25, 0.3) is 0 Å². The van der Waals surface area contributed by atoms with Crippen LogP contribution >= 0.6 is 11.3 Å². The quantitative estimate of drug-likeness (QED) is 0.180. The average molecular weight is 683 g/mol. The molecule has 0 aliphatic carbocycles. The molecule has 0 aliphatic rings. The number of rotatable bonds is 5. The predicted molar refractivity (Wildman–Crippen MR) is 221 cm³/mol. The number of aromatic nitrogens is 1. The van der Waals surface area contributed by atoms with Crippen molar-refractivity contribution in [3.63, 3.8) is 0 Å². The molecule has 52 heavy (non-hydrogen) atoms. The first-order valence-corrected chi connectivity index (χ1v) is 18.4. The zero-order valence-corrected chi connectivity index (χ0v) is 28.8. The highest BCUT2D eigenvalue weighted by Crippen LogP contribution is 2.51. The molecule has 8 aromatic carbocycles. The molecule has 0 bridgehead atoms. The summed E-state index contributed by atoms with van der Waals surface area (Å²) < 4.78 is 11.6. The first-order valence-electron chi connectivity index (χ1n) is 17.6. The van der Waals surface area contributed by atoms with Crippen molar-refractivity contribution in [1.29, 1.82) is 0 Å². The number of anilines is 3. The van der Waals surface area contributed by atoms with E-state index in [9.17, 15) is 0 Å². The van der Waals surface area contributed by atoms with Crippen LogP contribution in [0, 0.1) is 0 Å². The van der Waals surface area contributed by atoms with Gasteiger partial charge in [0.2, 0.25) is 0 Å². The van der Waals surface area contributed by atoms with Crippen LogP contribution in [0.2, 0.25) is 0 Å². The smallest absolute Gasteiger partial charge is 0.143 e. The van der Waals surface area contributed by atoms with Crippen LogP contribution in [0.5, 0.6) is 0 Å². The monoisotopic (exact) mass is 682 g/mol. The topological polar surface area (TPSA) is 21.3 Å². The van der Waals surface area contributed by atoms with E-state index in [4.69, 9.17) is 4.42 Å². The van der Waals surface area contributed by atoms with E-state index in [1.54, 1.807) is 0 Å². The van der Waals surface area contributed by atoms with E-state index in [0.29, 0.717) is 0 Å². The number of furan rings is 1. The molecule has 0 amide bonds. The number of nitrogens with zero attached hydrogens (tertiary/aromatic N) is 2. The Morgan fingerprint density at radius 2 is 1.04 bits per heavy atom. The Morgan fingerprint density at radius 3 is 1.96 bits per heavy atom. The minimum absolute atomic E-state index is 0.896. The van der Waals surface area contributed by atoms with Gasteiger partial charge in [0.05, 0.1) is 32.8 Å². The Hall–Kier alpha value is -6.62. The molecular weight excluding hydrogens is 653 g/mol. The SMILES string of the molecule is c1ccc(-n2c3ccccc3c3c(N(c4ccccc4-c4cccc5c4oc4ccccc45)c4cccc5c4sc4ccccc45)cccc32)cc1. The lowest BCUT2D eigenvalue weighted by Gasteiger charge is -2.29. The number of hydrogen-bond acceptors (Lipinski definition) is 3. The lowest BCUT2D eigenvalue weighted by atomic mass is 9.98. The maximum absolute atomic E-state index is 6.65. The summed E-state index contributed by atoms with van der Waals surface area (Å²) in [5, 5.41) is 7.21. The summed E-state index contributed by atoms with van der Waals surface area (Å²) in [5.41, 5.74) is 10.8. The van der Waals surface area contributed by atoms with E-state index in [0.717, 1.165) is 61.3 Å². The van der Waals surface area contributed by atoms with Crippen LogP contribution < -0.4 is 4.90 Å². The number of fused-ring (bicyclic) bond motifs is 9. The van der Waals surface area contributed by atoms with Gasteiger partial charge in [-0.15, -0.1) is 11.3 Å². The average Bonchev–Trinajstić information content (AvgIpc) is 3.89. The van der Waals surface area contributed by atoms with E-state index < -0.39 is 0 Å². The van der Waals surface area contributed by atoms with E-state index in [1.807, 2.05) is 17.4 Å². The molecular formula is C48H30N2OS. The van der Waals surface area contributed by atoms with Gasteiger partial charge in [-0.1, -0.05) is 127 Å². The minimum Gasteiger partial charge on any atom is -0.455 e. The maximum Gasteiger partial charge on any atom is 0.143 e. The van der Waals surface area contributed by atoms with Crippen LogP contribution in [0.4, 0.5) is 17.1 Å². The molecule has 0 radical (unpaired) electrons. The zero-order valence-electron chi connectivity index (χ0n) is 28.0. The molecule has 0 spiro atoms. The second-order valence-corrected chi connectivity index (χ2v) is 14.3. The first-order chi connectivity index (χ1) is 25.8. The molecule has 0 atom stereocenters. The molecule has 11 aromatic rings. The van der Waals surface area contributed by atoms with Gasteiger partial charge in [-0.3, -0.25) is 0 Å². The van der Waals surface area contributed by atoms with Gasteiger partial charge in [0.15, 0.2) is 0 Å². The Labute approximate surface area is 303 Å². The van der Waals surface area contributed by atoms with Crippen LogP contribution in [-0.4, -0.2) is 4.57 Å². The number of hydrogen-bond donors (Lipinski definition) is 0. The highest BCUT2D eigenvalue weighted by atomic mass is 32.1. The largest absolute Gasteiger partial charge is 0.455 e. The molecule has 3 heterocycles. The predicted octanol–water partition coefficient (Wildman–Crippen LogP) is 14.2. The Bertz CT molecular complexity index is 3150. The van der Waals surface area contributed by atoms with Crippen molar-refractivity contribution in [2.24, 2.45) is 0 Å². The fraction of sp³-hybridized carbons (Fsp3) is 0. The van der Waals surface area contributed by atoms with Crippen molar-refractivity contribution in [3.8, 4) is 16.8 Å². The van der Waals surface area contributed by atoms with Gasteiger partial charge in [-0.2, -0.15) is 0 Å². The summed E-state index contributed by atoms with van der Waals surface area (Å²) in [6.45, 7) is 0.